The molecule has 1 unspecified atom stereocenters. The largest absolute Gasteiger partial charge is 0.338 e. The normalized spacial score (nSPS) is 20.1. The first kappa shape index (κ1) is 9.22. The molecule has 1 saturated carbocycles. The van der Waals surface area contributed by atoms with Crippen molar-refractivity contribution in [1.82, 2.24) is 10.1 Å². The highest BCUT2D eigenvalue weighted by Crippen LogP contribution is 2.46. The molecule has 1 aliphatic rings. The zero-order chi connectivity index (χ0) is 10.2. The van der Waals surface area contributed by atoms with Crippen molar-refractivity contribution in [1.29, 1.82) is 0 Å². The van der Waals surface area contributed by atoms with E-state index in [1.165, 1.54) is 0 Å². The Hall–Kier alpha value is -1.34. The minimum Gasteiger partial charge on any atom is -0.338 e. The van der Waals surface area contributed by atoms with E-state index in [9.17, 15) is 0 Å². The fourth-order valence-corrected chi connectivity index (χ4v) is 1.26. The zero-order valence-corrected chi connectivity index (χ0v) is 8.16. The van der Waals surface area contributed by atoms with Crippen LogP contribution in [0.1, 0.15) is 43.9 Å². The lowest BCUT2D eigenvalue weighted by atomic mass is 10.1. The monoisotopic (exact) mass is 191 g/mol. The molecule has 1 fully saturated rings. The van der Waals surface area contributed by atoms with E-state index in [0.717, 1.165) is 18.7 Å². The van der Waals surface area contributed by atoms with Gasteiger partial charge in [0.05, 0.1) is 6.04 Å². The van der Waals surface area contributed by atoms with Crippen molar-refractivity contribution in [2.75, 3.05) is 0 Å². The van der Waals surface area contributed by atoms with Crippen molar-refractivity contribution >= 4 is 0 Å². The van der Waals surface area contributed by atoms with E-state index in [-0.39, 0.29) is 11.5 Å². The van der Waals surface area contributed by atoms with Crippen molar-refractivity contribution in [3.8, 4) is 12.3 Å². The summed E-state index contributed by atoms with van der Waals surface area (Å²) in [6, 6.07) is -0.330. The average molecular weight is 191 g/mol. The summed E-state index contributed by atoms with van der Waals surface area (Å²) in [6.45, 7) is 2.12. The molecule has 1 atom stereocenters. The van der Waals surface area contributed by atoms with Crippen LogP contribution in [0.4, 0.5) is 0 Å². The molecule has 0 radical (unpaired) electrons. The Bertz CT molecular complexity index is 373. The van der Waals surface area contributed by atoms with E-state index < -0.39 is 0 Å². The third-order valence-corrected chi connectivity index (χ3v) is 2.64. The van der Waals surface area contributed by atoms with Crippen molar-refractivity contribution in [2.24, 2.45) is 5.73 Å². The van der Waals surface area contributed by atoms with Gasteiger partial charge < -0.3 is 10.3 Å². The van der Waals surface area contributed by atoms with Gasteiger partial charge >= 0.3 is 0 Å². The quantitative estimate of drug-likeness (QED) is 0.728. The highest BCUT2D eigenvalue weighted by molar-refractivity contribution is 5.15. The second-order valence-corrected chi connectivity index (χ2v) is 4.03. The van der Waals surface area contributed by atoms with E-state index in [0.29, 0.717) is 12.3 Å². The minimum atomic E-state index is -0.330. The Morgan fingerprint density at radius 2 is 2.43 bits per heavy atom. The number of hydrogen-bond donors (Lipinski definition) is 1. The minimum absolute atomic E-state index is 0.123. The van der Waals surface area contributed by atoms with Crippen molar-refractivity contribution < 1.29 is 4.52 Å². The highest BCUT2D eigenvalue weighted by Gasteiger charge is 2.43. The summed E-state index contributed by atoms with van der Waals surface area (Å²) in [6.07, 6.45) is 7.82. The fourth-order valence-electron chi connectivity index (χ4n) is 1.26. The molecule has 4 nitrogen and oxygen atoms in total. The maximum absolute atomic E-state index is 5.74. The summed E-state index contributed by atoms with van der Waals surface area (Å²) >= 11 is 0. The summed E-state index contributed by atoms with van der Waals surface area (Å²) in [4.78, 5) is 4.26. The van der Waals surface area contributed by atoms with Crippen molar-refractivity contribution in [3.05, 3.63) is 11.7 Å². The van der Waals surface area contributed by atoms with Gasteiger partial charge in [0, 0.05) is 11.8 Å². The lowest BCUT2D eigenvalue weighted by Crippen LogP contribution is -2.10. The van der Waals surface area contributed by atoms with Gasteiger partial charge in [-0.15, -0.1) is 12.3 Å². The molecular formula is C10H13N3O. The molecular weight excluding hydrogens is 178 g/mol. The van der Waals surface area contributed by atoms with Gasteiger partial charge in [-0.05, 0) is 12.8 Å². The van der Waals surface area contributed by atoms with Crippen LogP contribution in [0, 0.1) is 12.3 Å². The van der Waals surface area contributed by atoms with Crippen molar-refractivity contribution in [3.63, 3.8) is 0 Å². The Labute approximate surface area is 82.9 Å². The third-order valence-electron chi connectivity index (χ3n) is 2.64. The molecule has 0 aliphatic heterocycles. The fraction of sp³-hybridized carbons (Fsp3) is 0.600. The molecule has 0 saturated heterocycles. The van der Waals surface area contributed by atoms with Gasteiger partial charge in [0.25, 0.3) is 0 Å². The molecule has 2 N–H and O–H groups in total. The first-order chi connectivity index (χ1) is 6.65. The molecule has 4 heteroatoms. The lowest BCUT2D eigenvalue weighted by molar-refractivity contribution is 0.349. The predicted octanol–water partition coefficient (Wildman–Crippen LogP) is 1.14. The van der Waals surface area contributed by atoms with Gasteiger partial charge in [-0.2, -0.15) is 4.98 Å². The van der Waals surface area contributed by atoms with Crippen LogP contribution in [0.25, 0.3) is 0 Å². The van der Waals surface area contributed by atoms with Gasteiger partial charge in [0.2, 0.25) is 5.89 Å². The van der Waals surface area contributed by atoms with Crippen LogP contribution in [-0.4, -0.2) is 10.1 Å². The Balaban J connectivity index is 2.14. The third kappa shape index (κ3) is 1.51. The molecule has 1 aromatic rings. The van der Waals surface area contributed by atoms with Crippen LogP contribution >= 0.6 is 0 Å². The van der Waals surface area contributed by atoms with Crippen LogP contribution in [0.2, 0.25) is 0 Å². The molecule has 14 heavy (non-hydrogen) atoms. The highest BCUT2D eigenvalue weighted by atomic mass is 16.5. The number of rotatable bonds is 3. The van der Waals surface area contributed by atoms with E-state index in [1.54, 1.807) is 0 Å². The molecule has 74 valence electrons. The lowest BCUT2D eigenvalue weighted by Gasteiger charge is -2.00. The first-order valence-electron chi connectivity index (χ1n) is 4.69. The number of nitrogens with two attached hydrogens (primary N) is 1. The Morgan fingerprint density at radius 1 is 1.71 bits per heavy atom. The van der Waals surface area contributed by atoms with Crippen LogP contribution in [0.15, 0.2) is 4.52 Å². The topological polar surface area (TPSA) is 64.9 Å². The second kappa shape index (κ2) is 3.10. The smallest absolute Gasteiger partial charge is 0.244 e. The molecule has 0 bridgehead atoms. The average Bonchev–Trinajstić information content (AvgIpc) is 2.72. The maximum Gasteiger partial charge on any atom is 0.244 e. The zero-order valence-electron chi connectivity index (χ0n) is 8.16. The molecule has 0 aromatic carbocycles. The van der Waals surface area contributed by atoms with Gasteiger partial charge in [0.1, 0.15) is 0 Å². The Kier molecular flexibility index (Phi) is 2.05. The van der Waals surface area contributed by atoms with E-state index in [2.05, 4.69) is 23.0 Å². The molecule has 0 amide bonds. The van der Waals surface area contributed by atoms with Gasteiger partial charge in [0.15, 0.2) is 5.82 Å². The summed E-state index contributed by atoms with van der Waals surface area (Å²) in [5, 5.41) is 3.92. The second-order valence-electron chi connectivity index (χ2n) is 4.03. The number of aromatic nitrogens is 2. The predicted molar refractivity (Wildman–Crippen MR) is 51.3 cm³/mol. The molecule has 1 aromatic heterocycles. The molecule has 1 aliphatic carbocycles. The number of nitrogens with zero attached hydrogens (tertiary/aromatic N) is 2. The summed E-state index contributed by atoms with van der Waals surface area (Å²) in [5.74, 6) is 3.69. The number of terminal acetylenes is 1. The van der Waals surface area contributed by atoms with Crippen LogP contribution in [0.3, 0.4) is 0 Å². The van der Waals surface area contributed by atoms with Crippen LogP contribution < -0.4 is 5.73 Å². The van der Waals surface area contributed by atoms with Crippen molar-refractivity contribution in [2.45, 2.75) is 37.6 Å². The maximum atomic E-state index is 5.74. The number of hydrogen-bond acceptors (Lipinski definition) is 4. The summed E-state index contributed by atoms with van der Waals surface area (Å²) in [7, 11) is 0. The summed E-state index contributed by atoms with van der Waals surface area (Å²) in [5.41, 5.74) is 5.87. The SMILES string of the molecule is C#CCC(N)c1nc(C2(C)CC2)no1. The summed E-state index contributed by atoms with van der Waals surface area (Å²) < 4.78 is 5.06. The van der Waals surface area contributed by atoms with E-state index in [4.69, 9.17) is 16.7 Å². The van der Waals surface area contributed by atoms with Gasteiger partial charge in [-0.1, -0.05) is 12.1 Å². The van der Waals surface area contributed by atoms with Gasteiger partial charge in [-0.25, -0.2) is 0 Å². The van der Waals surface area contributed by atoms with E-state index >= 15 is 0 Å². The Morgan fingerprint density at radius 3 is 3.00 bits per heavy atom. The standard InChI is InChI=1S/C10H13N3O/c1-3-4-7(11)8-12-9(13-14-8)10(2)5-6-10/h1,7H,4-6,11H2,2H3. The van der Waals surface area contributed by atoms with Gasteiger partial charge in [-0.3, -0.25) is 0 Å². The molecule has 0 spiro atoms. The van der Waals surface area contributed by atoms with E-state index in [1.807, 2.05) is 0 Å². The molecule has 2 rings (SSSR count). The first-order valence-corrected chi connectivity index (χ1v) is 4.69. The molecule has 1 heterocycles. The van der Waals surface area contributed by atoms with Crippen LogP contribution in [0.5, 0.6) is 0 Å². The van der Waals surface area contributed by atoms with Crippen LogP contribution in [-0.2, 0) is 5.41 Å².